The maximum absolute atomic E-state index is 10.1. The van der Waals surface area contributed by atoms with Gasteiger partial charge in [-0.1, -0.05) is 0 Å². The highest BCUT2D eigenvalue weighted by molar-refractivity contribution is 4.94. The van der Waals surface area contributed by atoms with E-state index < -0.39 is 74.4 Å². The van der Waals surface area contributed by atoms with Gasteiger partial charge in [0.05, 0.1) is 19.3 Å². The Hall–Kier alpha value is -0.400. The first-order valence-electron chi connectivity index (χ1n) is 7.40. The van der Waals surface area contributed by atoms with Gasteiger partial charge in [-0.2, -0.15) is 0 Å². The number of ether oxygens (including phenoxy) is 3. The van der Waals surface area contributed by atoms with Gasteiger partial charge >= 0.3 is 0 Å². The Bertz CT molecular complexity index is 378. The van der Waals surface area contributed by atoms with Gasteiger partial charge in [0.1, 0.15) is 48.8 Å². The van der Waals surface area contributed by atoms with Crippen molar-refractivity contribution >= 4 is 0 Å². The fraction of sp³-hybridized carbons (Fsp3) is 1.00. The number of aliphatic hydroxyl groups is 7. The molecule has 0 aliphatic carbocycles. The summed E-state index contributed by atoms with van der Waals surface area (Å²) in [6.45, 7) is 0.369. The molecule has 0 bridgehead atoms. The molecule has 10 nitrogen and oxygen atoms in total. The van der Waals surface area contributed by atoms with Gasteiger partial charge in [0.25, 0.3) is 0 Å². The van der Waals surface area contributed by atoms with Crippen LogP contribution in [0.1, 0.15) is 6.92 Å². The number of hydrogen-bond donors (Lipinski definition) is 7. The smallest absolute Gasteiger partial charge is 0.187 e. The molecule has 2 aliphatic heterocycles. The maximum atomic E-state index is 10.1. The second-order valence-electron chi connectivity index (χ2n) is 5.84. The van der Waals surface area contributed by atoms with Crippen molar-refractivity contribution < 1.29 is 50.0 Å². The Morgan fingerprint density at radius 2 is 1.35 bits per heavy atom. The molecule has 7 N–H and O–H groups in total. The second-order valence-corrected chi connectivity index (χ2v) is 5.84. The van der Waals surface area contributed by atoms with Crippen molar-refractivity contribution in [3.05, 3.63) is 0 Å². The van der Waals surface area contributed by atoms with Gasteiger partial charge in [-0.05, 0) is 6.92 Å². The van der Waals surface area contributed by atoms with Crippen molar-refractivity contribution in [1.82, 2.24) is 0 Å². The summed E-state index contributed by atoms with van der Waals surface area (Å²) in [5, 5.41) is 67.8. The van der Waals surface area contributed by atoms with Crippen molar-refractivity contribution in [3.8, 4) is 0 Å². The molecular formula is C13H24O10. The van der Waals surface area contributed by atoms with E-state index in [0.29, 0.717) is 0 Å². The molecular weight excluding hydrogens is 316 g/mol. The first-order chi connectivity index (χ1) is 10.8. The highest BCUT2D eigenvalue weighted by Gasteiger charge is 2.49. The van der Waals surface area contributed by atoms with Gasteiger partial charge in [0.2, 0.25) is 0 Å². The third kappa shape index (κ3) is 3.66. The summed E-state index contributed by atoms with van der Waals surface area (Å²) in [6.07, 6.45) is -13.2. The molecule has 2 heterocycles. The predicted molar refractivity (Wildman–Crippen MR) is 72.1 cm³/mol. The molecule has 0 aromatic heterocycles. The molecule has 0 spiro atoms. The van der Waals surface area contributed by atoms with Gasteiger partial charge in [0.15, 0.2) is 6.29 Å². The van der Waals surface area contributed by atoms with Crippen LogP contribution in [0.3, 0.4) is 0 Å². The first kappa shape index (κ1) is 18.9. The lowest BCUT2D eigenvalue weighted by molar-refractivity contribution is -0.341. The third-order valence-electron chi connectivity index (χ3n) is 4.24. The van der Waals surface area contributed by atoms with E-state index in [9.17, 15) is 30.6 Å². The predicted octanol–water partition coefficient (Wildman–Crippen LogP) is -4.33. The fourth-order valence-electron chi connectivity index (χ4n) is 2.78. The van der Waals surface area contributed by atoms with Crippen LogP contribution in [0.4, 0.5) is 0 Å². The summed E-state index contributed by atoms with van der Waals surface area (Å²) in [7, 11) is 0. The summed E-state index contributed by atoms with van der Waals surface area (Å²) in [5.41, 5.74) is 0. The lowest BCUT2D eigenvalue weighted by Gasteiger charge is -2.45. The van der Waals surface area contributed by atoms with Gasteiger partial charge in [-0.25, -0.2) is 0 Å². The zero-order valence-corrected chi connectivity index (χ0v) is 12.5. The van der Waals surface area contributed by atoms with Crippen LogP contribution in [-0.2, 0) is 14.2 Å². The molecule has 0 aromatic rings. The normalized spacial score (nSPS) is 51.7. The van der Waals surface area contributed by atoms with Crippen molar-refractivity contribution in [1.29, 1.82) is 0 Å². The third-order valence-corrected chi connectivity index (χ3v) is 4.24. The van der Waals surface area contributed by atoms with Crippen LogP contribution < -0.4 is 0 Å². The summed E-state index contributed by atoms with van der Waals surface area (Å²) >= 11 is 0. The zero-order chi connectivity index (χ0) is 17.3. The average Bonchev–Trinajstić information content (AvgIpc) is 2.55. The summed E-state index contributed by atoms with van der Waals surface area (Å²) < 4.78 is 15.9. The molecule has 2 aliphatic rings. The van der Waals surface area contributed by atoms with E-state index in [0.717, 1.165) is 0 Å². The summed E-state index contributed by atoms with van der Waals surface area (Å²) in [5.74, 6) is 0. The van der Waals surface area contributed by atoms with Gasteiger partial charge in [-0.15, -0.1) is 0 Å². The van der Waals surface area contributed by atoms with Crippen LogP contribution in [-0.4, -0.2) is 110 Å². The van der Waals surface area contributed by atoms with Gasteiger partial charge in [0, 0.05) is 0 Å². The Morgan fingerprint density at radius 1 is 0.739 bits per heavy atom. The molecule has 2 rings (SSSR count). The van der Waals surface area contributed by atoms with Crippen molar-refractivity contribution in [3.63, 3.8) is 0 Å². The zero-order valence-electron chi connectivity index (χ0n) is 12.5. The molecule has 10 heteroatoms. The quantitative estimate of drug-likeness (QED) is 0.265. The standard InChI is InChI=1S/C13H24O10/c1-4-7(16)10(19)12(6(3-15)21-4)23-13-11(20)9(18)8(17)5(2-14)22-13/h4-20H,2-3H2,1H3/t4-,5?,6?,7+,8+,9-,10?,11?,12+,13+/m0/s1. The van der Waals surface area contributed by atoms with Crippen LogP contribution in [0, 0.1) is 0 Å². The molecule has 136 valence electrons. The van der Waals surface area contributed by atoms with Crippen molar-refractivity contribution in [2.24, 2.45) is 0 Å². The van der Waals surface area contributed by atoms with E-state index in [-0.39, 0.29) is 0 Å². The van der Waals surface area contributed by atoms with E-state index in [2.05, 4.69) is 0 Å². The first-order valence-corrected chi connectivity index (χ1v) is 7.40. The number of aliphatic hydroxyl groups excluding tert-OH is 7. The molecule has 2 saturated heterocycles. The number of rotatable bonds is 4. The Labute approximate surface area is 132 Å². The van der Waals surface area contributed by atoms with Crippen LogP contribution in [0.15, 0.2) is 0 Å². The largest absolute Gasteiger partial charge is 0.394 e. The topological polar surface area (TPSA) is 169 Å². The van der Waals surface area contributed by atoms with Crippen molar-refractivity contribution in [2.75, 3.05) is 13.2 Å². The van der Waals surface area contributed by atoms with E-state index in [1.54, 1.807) is 0 Å². The Balaban J connectivity index is 2.11. The molecule has 23 heavy (non-hydrogen) atoms. The molecule has 2 fully saturated rings. The summed E-state index contributed by atoms with van der Waals surface area (Å²) in [6, 6.07) is 0. The molecule has 0 amide bonds. The van der Waals surface area contributed by atoms with Crippen LogP contribution in [0.2, 0.25) is 0 Å². The lowest BCUT2D eigenvalue weighted by atomic mass is 9.95. The SMILES string of the molecule is C[C@@H]1OC(CO)[C@@H](O[C@H]2OC(CO)[C@@H](O)[C@H](O)C2O)C(O)[C@@H]1O. The minimum absolute atomic E-state index is 0.518. The minimum atomic E-state index is -1.66. The maximum Gasteiger partial charge on any atom is 0.187 e. The molecule has 10 atom stereocenters. The van der Waals surface area contributed by atoms with Gasteiger partial charge < -0.3 is 50.0 Å². The van der Waals surface area contributed by atoms with Gasteiger partial charge in [-0.3, -0.25) is 0 Å². The van der Waals surface area contributed by atoms with E-state index in [1.807, 2.05) is 0 Å². The number of hydrogen-bond acceptors (Lipinski definition) is 10. The monoisotopic (exact) mass is 340 g/mol. The fourth-order valence-corrected chi connectivity index (χ4v) is 2.78. The Morgan fingerprint density at radius 3 is 1.91 bits per heavy atom. The second kappa shape index (κ2) is 7.66. The Kier molecular flexibility index (Phi) is 6.30. The van der Waals surface area contributed by atoms with E-state index in [4.69, 9.17) is 19.3 Å². The van der Waals surface area contributed by atoms with Crippen LogP contribution in [0.5, 0.6) is 0 Å². The van der Waals surface area contributed by atoms with E-state index >= 15 is 0 Å². The van der Waals surface area contributed by atoms with Crippen LogP contribution in [0.25, 0.3) is 0 Å². The van der Waals surface area contributed by atoms with Crippen LogP contribution >= 0.6 is 0 Å². The highest BCUT2D eigenvalue weighted by Crippen LogP contribution is 2.28. The molecule has 0 saturated carbocycles. The molecule has 0 radical (unpaired) electrons. The van der Waals surface area contributed by atoms with Crippen molar-refractivity contribution in [2.45, 2.75) is 68.1 Å². The molecule has 0 aromatic carbocycles. The van der Waals surface area contributed by atoms with E-state index in [1.165, 1.54) is 6.92 Å². The highest BCUT2D eigenvalue weighted by atomic mass is 16.7. The summed E-state index contributed by atoms with van der Waals surface area (Å²) in [4.78, 5) is 0. The minimum Gasteiger partial charge on any atom is -0.394 e. The lowest BCUT2D eigenvalue weighted by Crippen LogP contribution is -2.64. The average molecular weight is 340 g/mol. The molecule has 4 unspecified atom stereocenters.